The summed E-state index contributed by atoms with van der Waals surface area (Å²) in [5.41, 5.74) is 0.983. The molecule has 0 saturated carbocycles. The normalized spacial score (nSPS) is 29.1. The molecule has 2 atom stereocenters. The van der Waals surface area contributed by atoms with Crippen LogP contribution in [0.1, 0.15) is 24.9 Å². The fraction of sp³-hybridized carbons (Fsp3) is 0.600. The highest BCUT2D eigenvalue weighted by molar-refractivity contribution is 7.91. The number of hydrogen-bond acceptors (Lipinski definition) is 4. The molecule has 0 aromatic carbocycles. The monoisotopic (exact) mass is 279 g/mol. The molecule has 1 aliphatic heterocycles. The second-order valence-electron chi connectivity index (χ2n) is 4.09. The van der Waals surface area contributed by atoms with E-state index >= 15 is 0 Å². The highest BCUT2D eigenvalue weighted by Crippen LogP contribution is 2.28. The van der Waals surface area contributed by atoms with E-state index in [1.54, 1.807) is 0 Å². The summed E-state index contributed by atoms with van der Waals surface area (Å²) in [5, 5.41) is 5.28. The first-order chi connectivity index (χ1) is 7.50. The second-order valence-corrected chi connectivity index (χ2v) is 7.78. The Kier molecular flexibility index (Phi) is 3.59. The molecule has 0 amide bonds. The van der Waals surface area contributed by atoms with E-state index < -0.39 is 9.84 Å². The fourth-order valence-corrected chi connectivity index (χ4v) is 4.77. The SMILES string of the molecule is CCC1CS(=O)(=O)CC(c2csc(Cl)c2)N1. The van der Waals surface area contributed by atoms with E-state index in [1.807, 2.05) is 18.4 Å². The smallest absolute Gasteiger partial charge is 0.153 e. The maximum absolute atomic E-state index is 11.7. The Bertz CT molecular complexity index is 469. The van der Waals surface area contributed by atoms with Gasteiger partial charge in [0.25, 0.3) is 0 Å². The molecule has 1 aromatic rings. The van der Waals surface area contributed by atoms with Crippen molar-refractivity contribution in [1.29, 1.82) is 0 Å². The molecular weight excluding hydrogens is 266 g/mol. The molecule has 0 bridgehead atoms. The minimum absolute atomic E-state index is 0.0578. The van der Waals surface area contributed by atoms with Gasteiger partial charge >= 0.3 is 0 Å². The Morgan fingerprint density at radius 2 is 2.31 bits per heavy atom. The van der Waals surface area contributed by atoms with Crippen LogP contribution in [-0.4, -0.2) is 26.0 Å². The number of rotatable bonds is 2. The lowest BCUT2D eigenvalue weighted by molar-refractivity contribution is 0.441. The third-order valence-corrected chi connectivity index (χ3v) is 5.66. The van der Waals surface area contributed by atoms with Crippen molar-refractivity contribution in [3.8, 4) is 0 Å². The van der Waals surface area contributed by atoms with Gasteiger partial charge in [-0.2, -0.15) is 0 Å². The van der Waals surface area contributed by atoms with E-state index in [0.29, 0.717) is 4.34 Å². The molecule has 6 heteroatoms. The number of sulfone groups is 1. The highest BCUT2D eigenvalue weighted by Gasteiger charge is 2.31. The van der Waals surface area contributed by atoms with Gasteiger partial charge in [-0.1, -0.05) is 18.5 Å². The van der Waals surface area contributed by atoms with Gasteiger partial charge in [-0.25, -0.2) is 8.42 Å². The maximum atomic E-state index is 11.7. The van der Waals surface area contributed by atoms with Crippen LogP contribution in [0.3, 0.4) is 0 Å². The number of thiophene rings is 1. The highest BCUT2D eigenvalue weighted by atomic mass is 35.5. The first-order valence-electron chi connectivity index (χ1n) is 5.20. The Balaban J connectivity index is 2.22. The predicted molar refractivity (Wildman–Crippen MR) is 67.9 cm³/mol. The van der Waals surface area contributed by atoms with Crippen LogP contribution in [0.15, 0.2) is 11.4 Å². The van der Waals surface area contributed by atoms with E-state index in [9.17, 15) is 8.42 Å². The Labute approximate surface area is 105 Å². The number of nitrogens with one attached hydrogen (secondary N) is 1. The molecule has 0 radical (unpaired) electrons. The molecule has 1 N–H and O–H groups in total. The van der Waals surface area contributed by atoms with Crippen molar-refractivity contribution in [2.24, 2.45) is 0 Å². The molecular formula is C10H14ClNO2S2. The van der Waals surface area contributed by atoms with Gasteiger partial charge in [0.15, 0.2) is 9.84 Å². The average Bonchev–Trinajstić information content (AvgIpc) is 2.62. The molecule has 2 unspecified atom stereocenters. The molecule has 0 aliphatic carbocycles. The third kappa shape index (κ3) is 2.77. The third-order valence-electron chi connectivity index (χ3n) is 2.80. The summed E-state index contributed by atoms with van der Waals surface area (Å²) in [7, 11) is -2.93. The Morgan fingerprint density at radius 1 is 1.56 bits per heavy atom. The van der Waals surface area contributed by atoms with E-state index in [1.165, 1.54) is 11.3 Å². The molecule has 1 saturated heterocycles. The topological polar surface area (TPSA) is 46.2 Å². The lowest BCUT2D eigenvalue weighted by atomic mass is 10.1. The molecule has 0 spiro atoms. The second kappa shape index (κ2) is 4.64. The number of hydrogen-bond donors (Lipinski definition) is 1. The predicted octanol–water partition coefficient (Wildman–Crippen LogP) is 2.24. The zero-order valence-electron chi connectivity index (χ0n) is 8.94. The van der Waals surface area contributed by atoms with Crippen molar-refractivity contribution in [1.82, 2.24) is 5.32 Å². The van der Waals surface area contributed by atoms with Gasteiger partial charge in [-0.05, 0) is 23.4 Å². The van der Waals surface area contributed by atoms with E-state index in [4.69, 9.17) is 11.6 Å². The van der Waals surface area contributed by atoms with Crippen molar-refractivity contribution in [2.45, 2.75) is 25.4 Å². The first-order valence-corrected chi connectivity index (χ1v) is 8.28. The fourth-order valence-electron chi connectivity index (χ4n) is 1.94. The summed E-state index contributed by atoms with van der Waals surface area (Å²) in [6.45, 7) is 2.00. The van der Waals surface area contributed by atoms with Crippen LogP contribution in [0, 0.1) is 0 Å². The molecule has 16 heavy (non-hydrogen) atoms. The van der Waals surface area contributed by atoms with Gasteiger partial charge in [0.2, 0.25) is 0 Å². The average molecular weight is 280 g/mol. The Morgan fingerprint density at radius 3 is 2.88 bits per heavy atom. The van der Waals surface area contributed by atoms with Crippen molar-refractivity contribution >= 4 is 32.8 Å². The van der Waals surface area contributed by atoms with Crippen LogP contribution in [0.25, 0.3) is 0 Å². The van der Waals surface area contributed by atoms with Crippen molar-refractivity contribution in [3.63, 3.8) is 0 Å². The molecule has 2 rings (SSSR count). The maximum Gasteiger partial charge on any atom is 0.153 e. The summed E-state index contributed by atoms with van der Waals surface area (Å²) in [6.07, 6.45) is 0.827. The van der Waals surface area contributed by atoms with Crippen molar-refractivity contribution in [3.05, 3.63) is 21.3 Å². The van der Waals surface area contributed by atoms with Crippen LogP contribution in [0.2, 0.25) is 4.34 Å². The quantitative estimate of drug-likeness (QED) is 0.903. The summed E-state index contributed by atoms with van der Waals surface area (Å²) < 4.78 is 24.2. The lowest BCUT2D eigenvalue weighted by Crippen LogP contribution is -2.46. The molecule has 3 nitrogen and oxygen atoms in total. The summed E-state index contributed by atoms with van der Waals surface area (Å²) in [4.78, 5) is 0. The van der Waals surface area contributed by atoms with Gasteiger partial charge in [0.05, 0.1) is 15.8 Å². The van der Waals surface area contributed by atoms with E-state index in [0.717, 1.165) is 12.0 Å². The van der Waals surface area contributed by atoms with Gasteiger partial charge in [0, 0.05) is 12.1 Å². The van der Waals surface area contributed by atoms with Gasteiger partial charge in [-0.15, -0.1) is 11.3 Å². The number of halogens is 1. The van der Waals surface area contributed by atoms with Crippen molar-refractivity contribution < 1.29 is 8.42 Å². The Hall–Kier alpha value is -0.100. The van der Waals surface area contributed by atoms with Crippen LogP contribution in [-0.2, 0) is 9.84 Å². The zero-order valence-corrected chi connectivity index (χ0v) is 11.3. The zero-order chi connectivity index (χ0) is 11.8. The minimum Gasteiger partial charge on any atom is -0.305 e. The van der Waals surface area contributed by atoms with Crippen LogP contribution in [0.4, 0.5) is 0 Å². The molecule has 2 heterocycles. The van der Waals surface area contributed by atoms with Crippen molar-refractivity contribution in [2.75, 3.05) is 11.5 Å². The van der Waals surface area contributed by atoms with Gasteiger partial charge in [-0.3, -0.25) is 0 Å². The lowest BCUT2D eigenvalue weighted by Gasteiger charge is -2.30. The summed E-state index contributed by atoms with van der Waals surface area (Å²) in [5.74, 6) is 0.425. The molecule has 90 valence electrons. The molecule has 1 aromatic heterocycles. The first kappa shape index (κ1) is 12.4. The van der Waals surface area contributed by atoms with E-state index in [2.05, 4.69) is 5.32 Å². The largest absolute Gasteiger partial charge is 0.305 e. The standard InChI is InChI=1S/C10H14ClNO2S2/c1-2-8-5-16(13,14)6-9(12-8)7-3-10(11)15-4-7/h3-4,8-9,12H,2,5-6H2,1H3. The van der Waals surface area contributed by atoms with Crippen LogP contribution >= 0.6 is 22.9 Å². The van der Waals surface area contributed by atoms with Crippen LogP contribution < -0.4 is 5.32 Å². The summed E-state index contributed by atoms with van der Waals surface area (Å²) in [6, 6.07) is 1.80. The molecule has 1 aliphatic rings. The van der Waals surface area contributed by atoms with E-state index in [-0.39, 0.29) is 23.6 Å². The minimum atomic E-state index is -2.93. The summed E-state index contributed by atoms with van der Waals surface area (Å²) >= 11 is 7.30. The van der Waals surface area contributed by atoms with Crippen LogP contribution in [0.5, 0.6) is 0 Å². The molecule has 1 fully saturated rings. The van der Waals surface area contributed by atoms with Gasteiger partial charge < -0.3 is 5.32 Å². The van der Waals surface area contributed by atoms with Gasteiger partial charge in [0.1, 0.15) is 0 Å².